The first-order chi connectivity index (χ1) is 13.3. The summed E-state index contributed by atoms with van der Waals surface area (Å²) >= 11 is 0. The molecule has 0 aliphatic carbocycles. The Hall–Kier alpha value is -2.70. The summed E-state index contributed by atoms with van der Waals surface area (Å²) in [6, 6.07) is 18.4. The summed E-state index contributed by atoms with van der Waals surface area (Å²) in [7, 11) is 0. The van der Waals surface area contributed by atoms with E-state index in [0.717, 1.165) is 16.0 Å². The van der Waals surface area contributed by atoms with Gasteiger partial charge in [-0.3, -0.25) is 14.5 Å². The minimum absolute atomic E-state index is 0.0293. The normalized spacial score (nSPS) is 27.1. The largest absolute Gasteiger partial charge is 0.380 e. The molecule has 1 aliphatic rings. The van der Waals surface area contributed by atoms with Crippen LogP contribution in [0.5, 0.6) is 0 Å². The van der Waals surface area contributed by atoms with Gasteiger partial charge in [0.25, 0.3) is 11.8 Å². The van der Waals surface area contributed by atoms with Gasteiger partial charge in [0.15, 0.2) is 5.60 Å². The molecule has 1 heterocycles. The molecule has 6 nitrogen and oxygen atoms in total. The second kappa shape index (κ2) is 7.73. The summed E-state index contributed by atoms with van der Waals surface area (Å²) in [5.74, 6) is -2.32. The molecule has 2 amide bonds. The minimum atomic E-state index is -2.15. The van der Waals surface area contributed by atoms with Crippen LogP contribution in [0.4, 0.5) is 0 Å². The fourth-order valence-electron chi connectivity index (χ4n) is 3.78. The Balaban J connectivity index is 1.90. The predicted octanol–water partition coefficient (Wildman–Crippen LogP) is 1.81. The van der Waals surface area contributed by atoms with Gasteiger partial charge in [-0.25, -0.2) is 0 Å². The summed E-state index contributed by atoms with van der Waals surface area (Å²) < 4.78 is 0. The van der Waals surface area contributed by atoms with Crippen molar-refractivity contribution in [1.82, 2.24) is 10.2 Å². The van der Waals surface area contributed by atoms with Crippen LogP contribution in [0, 0.1) is 5.92 Å². The van der Waals surface area contributed by atoms with Crippen LogP contribution in [0.2, 0.25) is 0 Å². The molecule has 148 valence electrons. The Morgan fingerprint density at radius 3 is 2.11 bits per heavy atom. The zero-order valence-corrected chi connectivity index (χ0v) is 16.1. The van der Waals surface area contributed by atoms with Crippen molar-refractivity contribution < 1.29 is 19.8 Å². The second-order valence-electron chi connectivity index (χ2n) is 7.27. The summed E-state index contributed by atoms with van der Waals surface area (Å²) in [5, 5.41) is 25.0. The van der Waals surface area contributed by atoms with E-state index in [1.807, 2.05) is 60.7 Å². The molecule has 3 N–H and O–H groups in total. The number of likely N-dealkylation sites (tertiary alicyclic amines) is 1. The van der Waals surface area contributed by atoms with E-state index in [4.69, 9.17) is 0 Å². The van der Waals surface area contributed by atoms with E-state index in [1.165, 1.54) is 6.92 Å². The lowest BCUT2D eigenvalue weighted by Gasteiger charge is -2.35. The molecule has 0 aromatic heterocycles. The maximum absolute atomic E-state index is 13.0. The Labute approximate surface area is 164 Å². The Morgan fingerprint density at radius 1 is 1.04 bits per heavy atom. The molecule has 28 heavy (non-hydrogen) atoms. The monoisotopic (exact) mass is 382 g/mol. The van der Waals surface area contributed by atoms with E-state index < -0.39 is 29.1 Å². The van der Waals surface area contributed by atoms with Crippen molar-refractivity contribution in [3.05, 3.63) is 71.8 Å². The molecule has 1 fully saturated rings. The molecule has 2 aromatic rings. The summed E-state index contributed by atoms with van der Waals surface area (Å²) in [6.07, 6.45) is 0.104. The van der Waals surface area contributed by atoms with Crippen LogP contribution < -0.4 is 5.32 Å². The van der Waals surface area contributed by atoms with Gasteiger partial charge in [0.05, 0.1) is 5.92 Å². The van der Waals surface area contributed by atoms with Crippen molar-refractivity contribution in [2.24, 2.45) is 5.92 Å². The molecular weight excluding hydrogens is 356 g/mol. The van der Waals surface area contributed by atoms with E-state index in [-0.39, 0.29) is 19.5 Å². The van der Waals surface area contributed by atoms with Crippen molar-refractivity contribution in [1.29, 1.82) is 0 Å². The van der Waals surface area contributed by atoms with E-state index in [1.54, 1.807) is 6.92 Å². The molecule has 0 saturated carbocycles. The first kappa shape index (κ1) is 20.0. The first-order valence-corrected chi connectivity index (χ1v) is 9.47. The van der Waals surface area contributed by atoms with Gasteiger partial charge >= 0.3 is 0 Å². The number of nitrogens with one attached hydrogen (secondary N) is 1. The minimum Gasteiger partial charge on any atom is -0.380 e. The van der Waals surface area contributed by atoms with Gasteiger partial charge in [0, 0.05) is 13.1 Å². The molecule has 6 heteroatoms. The van der Waals surface area contributed by atoms with E-state index >= 15 is 0 Å². The number of amides is 2. The first-order valence-electron chi connectivity index (χ1n) is 9.47. The van der Waals surface area contributed by atoms with E-state index in [9.17, 15) is 19.8 Å². The van der Waals surface area contributed by atoms with Gasteiger partial charge in [-0.1, -0.05) is 74.5 Å². The highest BCUT2D eigenvalue weighted by Gasteiger charge is 2.66. The number of rotatable bonds is 6. The maximum atomic E-state index is 13.0. The molecule has 0 radical (unpaired) electrons. The highest BCUT2D eigenvalue weighted by Crippen LogP contribution is 2.43. The topological polar surface area (TPSA) is 89.9 Å². The third kappa shape index (κ3) is 3.30. The molecule has 1 saturated heterocycles. The average Bonchev–Trinajstić information content (AvgIpc) is 2.88. The van der Waals surface area contributed by atoms with Gasteiger partial charge in [0.1, 0.15) is 0 Å². The van der Waals surface area contributed by atoms with Crippen molar-refractivity contribution >= 4 is 11.8 Å². The Kier molecular flexibility index (Phi) is 5.54. The molecule has 3 rings (SSSR count). The number of hydrogen-bond donors (Lipinski definition) is 3. The van der Waals surface area contributed by atoms with Crippen molar-refractivity contribution in [2.75, 3.05) is 0 Å². The van der Waals surface area contributed by atoms with Crippen molar-refractivity contribution in [3.63, 3.8) is 0 Å². The molecule has 2 aromatic carbocycles. The zero-order valence-electron chi connectivity index (χ0n) is 16.1. The van der Waals surface area contributed by atoms with Gasteiger partial charge in [-0.2, -0.15) is 0 Å². The van der Waals surface area contributed by atoms with Crippen LogP contribution in [0.15, 0.2) is 60.7 Å². The van der Waals surface area contributed by atoms with E-state index in [2.05, 4.69) is 5.32 Å². The van der Waals surface area contributed by atoms with Crippen molar-refractivity contribution in [3.8, 4) is 0 Å². The van der Waals surface area contributed by atoms with Crippen LogP contribution in [0.25, 0.3) is 0 Å². The molecule has 3 atom stereocenters. The second-order valence-corrected chi connectivity index (χ2v) is 7.27. The smallest absolute Gasteiger partial charge is 0.274 e. The fourth-order valence-corrected chi connectivity index (χ4v) is 3.78. The summed E-state index contributed by atoms with van der Waals surface area (Å²) in [6.45, 7) is 3.45. The lowest BCUT2D eigenvalue weighted by molar-refractivity contribution is -0.172. The standard InChI is InChI=1S/C22H26N2O4/c1-3-21(27)16(2)22(28,19(25)23-14-17-10-6-4-7-11-17)24(20(21)26)15-18-12-8-5-9-13-18/h4-13,16,27-28H,3,14-15H2,1-2H3,(H,23,25)/t16-,21+,22+/m1/s1. The van der Waals surface area contributed by atoms with Crippen LogP contribution in [0.3, 0.4) is 0 Å². The van der Waals surface area contributed by atoms with Crippen molar-refractivity contribution in [2.45, 2.75) is 44.7 Å². The number of carbonyl (C=O) groups excluding carboxylic acids is 2. The number of carbonyl (C=O) groups is 2. The molecular formula is C22H26N2O4. The fraction of sp³-hybridized carbons (Fsp3) is 0.364. The zero-order chi connectivity index (χ0) is 20.4. The Morgan fingerprint density at radius 2 is 1.57 bits per heavy atom. The van der Waals surface area contributed by atoms with Crippen LogP contribution in [-0.2, 0) is 22.7 Å². The average molecular weight is 382 g/mol. The lowest BCUT2D eigenvalue weighted by atomic mass is 9.83. The third-order valence-corrected chi connectivity index (χ3v) is 5.70. The van der Waals surface area contributed by atoms with E-state index in [0.29, 0.717) is 0 Å². The summed E-state index contributed by atoms with van der Waals surface area (Å²) in [4.78, 5) is 27.1. The molecule has 0 bridgehead atoms. The third-order valence-electron chi connectivity index (χ3n) is 5.70. The van der Waals surface area contributed by atoms with Crippen LogP contribution in [0.1, 0.15) is 31.4 Å². The number of nitrogens with zero attached hydrogens (tertiary/aromatic N) is 1. The quantitative estimate of drug-likeness (QED) is 0.711. The summed E-state index contributed by atoms with van der Waals surface area (Å²) in [5.41, 5.74) is -2.31. The highest BCUT2D eigenvalue weighted by atomic mass is 16.4. The van der Waals surface area contributed by atoms with Crippen LogP contribution in [-0.4, -0.2) is 38.3 Å². The number of benzene rings is 2. The maximum Gasteiger partial charge on any atom is 0.274 e. The van der Waals surface area contributed by atoms with Gasteiger partial charge in [-0.15, -0.1) is 0 Å². The molecule has 0 spiro atoms. The van der Waals surface area contributed by atoms with Gasteiger partial charge in [-0.05, 0) is 17.5 Å². The highest BCUT2D eigenvalue weighted by molar-refractivity contribution is 5.98. The van der Waals surface area contributed by atoms with Crippen LogP contribution >= 0.6 is 0 Å². The lowest BCUT2D eigenvalue weighted by Crippen LogP contribution is -2.59. The number of hydrogen-bond acceptors (Lipinski definition) is 4. The molecule has 0 unspecified atom stereocenters. The predicted molar refractivity (Wildman–Crippen MR) is 105 cm³/mol. The van der Waals surface area contributed by atoms with Gasteiger partial charge < -0.3 is 15.5 Å². The Bertz CT molecular complexity index is 842. The number of aliphatic hydroxyl groups is 2. The SMILES string of the molecule is CC[C@@]1(O)C(=O)N(Cc2ccccc2)[C@@](O)(C(=O)NCc2ccccc2)[C@@H]1C. The van der Waals surface area contributed by atoms with Gasteiger partial charge in [0.2, 0.25) is 5.72 Å². The molecule has 1 aliphatic heterocycles.